The Balaban J connectivity index is 0.000000538. The molecule has 1 heterocycles. The van der Waals surface area contributed by atoms with Crippen LogP contribution in [0.3, 0.4) is 0 Å². The van der Waals surface area contributed by atoms with Crippen molar-refractivity contribution >= 4 is 17.3 Å². The van der Waals surface area contributed by atoms with Gasteiger partial charge in [-0.05, 0) is 48.5 Å². The molecule has 2 N–H and O–H groups in total. The fraction of sp³-hybridized carbons (Fsp3) is 0.345. The van der Waals surface area contributed by atoms with E-state index in [4.69, 9.17) is 9.84 Å². The largest absolute Gasteiger partial charge is 0.508 e. The van der Waals surface area contributed by atoms with Crippen LogP contribution in [0.15, 0.2) is 84.9 Å². The topological polar surface area (TPSA) is 61.8 Å². The minimum absolute atomic E-state index is 0.149. The van der Waals surface area contributed by atoms with Gasteiger partial charge in [0.25, 0.3) is 5.91 Å². The molecule has 0 radical (unpaired) electrons. The molecule has 5 nitrogen and oxygen atoms in total. The number of aromatic hydroxyl groups is 1. The Morgan fingerprint density at radius 3 is 1.71 bits per heavy atom. The predicted molar refractivity (Wildman–Crippen MR) is 146 cm³/mol. The van der Waals surface area contributed by atoms with Crippen LogP contribution in [0.25, 0.3) is 0 Å². The van der Waals surface area contributed by atoms with Crippen LogP contribution >= 0.6 is 0 Å². The number of rotatable bonds is 3. The summed E-state index contributed by atoms with van der Waals surface area (Å²) < 4.78 is 5.28. The third kappa shape index (κ3) is 12.1. The molecule has 0 spiro atoms. The lowest BCUT2D eigenvalue weighted by Gasteiger charge is -2.28. The summed E-state index contributed by atoms with van der Waals surface area (Å²) in [5, 5.41) is 11.9. The number of nitrogens with one attached hydrogen (secondary N) is 1. The Labute approximate surface area is 206 Å². The first-order valence-corrected chi connectivity index (χ1v) is 12.3. The molecule has 1 amide bonds. The van der Waals surface area contributed by atoms with Crippen LogP contribution in [0.1, 0.15) is 51.9 Å². The van der Waals surface area contributed by atoms with Crippen molar-refractivity contribution in [3.8, 4) is 5.75 Å². The normalized spacial score (nSPS) is 11.4. The van der Waals surface area contributed by atoms with E-state index in [2.05, 4.69) is 34.5 Å². The lowest BCUT2D eigenvalue weighted by molar-refractivity contribution is 0.102. The first-order chi connectivity index (χ1) is 16.7. The van der Waals surface area contributed by atoms with Crippen molar-refractivity contribution < 1.29 is 14.6 Å². The van der Waals surface area contributed by atoms with E-state index in [1.54, 1.807) is 12.1 Å². The molecule has 5 heteroatoms. The highest BCUT2D eigenvalue weighted by atomic mass is 16.5. The zero-order chi connectivity index (χ0) is 25.6. The lowest BCUT2D eigenvalue weighted by atomic mass is 10.2. The van der Waals surface area contributed by atoms with E-state index < -0.39 is 0 Å². The summed E-state index contributed by atoms with van der Waals surface area (Å²) in [5.74, 6) is -0.0394. The van der Waals surface area contributed by atoms with Crippen LogP contribution in [-0.2, 0) is 4.74 Å². The van der Waals surface area contributed by atoms with Gasteiger partial charge in [0.15, 0.2) is 0 Å². The van der Waals surface area contributed by atoms with Gasteiger partial charge in [0.2, 0.25) is 0 Å². The zero-order valence-electron chi connectivity index (χ0n) is 21.6. The summed E-state index contributed by atoms with van der Waals surface area (Å²) in [6.07, 6.45) is 0. The van der Waals surface area contributed by atoms with Crippen LogP contribution < -0.4 is 10.2 Å². The molecule has 4 rings (SSSR count). The van der Waals surface area contributed by atoms with Gasteiger partial charge in [-0.2, -0.15) is 0 Å². The monoisotopic (exact) mass is 466 g/mol. The Hall–Kier alpha value is -3.31. The van der Waals surface area contributed by atoms with Crippen molar-refractivity contribution in [3.63, 3.8) is 0 Å². The Bertz CT molecular complexity index is 848. The second-order valence-electron chi connectivity index (χ2n) is 6.30. The number of morpholine rings is 1. The number of para-hydroxylation sites is 2. The van der Waals surface area contributed by atoms with Gasteiger partial charge in [0.05, 0.1) is 13.2 Å². The number of carbonyl (C=O) groups excluding carboxylic acids is 1. The molecular weight excluding hydrogens is 424 g/mol. The van der Waals surface area contributed by atoms with Gasteiger partial charge in [0.1, 0.15) is 5.75 Å². The van der Waals surface area contributed by atoms with Crippen molar-refractivity contribution in [2.24, 2.45) is 0 Å². The number of phenolic OH excluding ortho intramolecular Hbond substituents is 1. The Kier molecular flexibility index (Phi) is 18.3. The smallest absolute Gasteiger partial charge is 0.255 e. The summed E-state index contributed by atoms with van der Waals surface area (Å²) in [6, 6.07) is 25.8. The number of amides is 1. The molecule has 0 aromatic heterocycles. The molecule has 3 aromatic carbocycles. The van der Waals surface area contributed by atoms with Crippen molar-refractivity contribution in [1.29, 1.82) is 0 Å². The van der Waals surface area contributed by atoms with E-state index in [9.17, 15) is 4.79 Å². The van der Waals surface area contributed by atoms with Gasteiger partial charge >= 0.3 is 0 Å². The maximum absolute atomic E-state index is 11.7. The summed E-state index contributed by atoms with van der Waals surface area (Å²) in [4.78, 5) is 14.1. The predicted octanol–water partition coefficient (Wildman–Crippen LogP) is 7.25. The highest BCUT2D eigenvalue weighted by Gasteiger charge is 2.09. The summed E-state index contributed by atoms with van der Waals surface area (Å²) in [5.41, 5.74) is 2.57. The summed E-state index contributed by atoms with van der Waals surface area (Å²) in [6.45, 7) is 15.7. The molecular formula is C29H42N2O3. The van der Waals surface area contributed by atoms with Crippen LogP contribution in [0.5, 0.6) is 5.75 Å². The number of carbonyl (C=O) groups is 1. The quantitative estimate of drug-likeness (QED) is 0.427. The van der Waals surface area contributed by atoms with E-state index in [1.165, 1.54) is 17.8 Å². The molecule has 0 aliphatic carbocycles. The van der Waals surface area contributed by atoms with E-state index in [0.717, 1.165) is 32.0 Å². The number of hydrogen-bond donors (Lipinski definition) is 2. The summed E-state index contributed by atoms with van der Waals surface area (Å²) >= 11 is 0. The Morgan fingerprint density at radius 2 is 1.21 bits per heavy atom. The third-order valence-corrected chi connectivity index (χ3v) is 4.29. The van der Waals surface area contributed by atoms with Gasteiger partial charge in [-0.15, -0.1) is 0 Å². The van der Waals surface area contributed by atoms with Gasteiger partial charge in [0, 0.05) is 30.0 Å². The van der Waals surface area contributed by atoms with Crippen LogP contribution in [-0.4, -0.2) is 37.3 Å². The third-order valence-electron chi connectivity index (χ3n) is 4.29. The maximum atomic E-state index is 11.7. The fourth-order valence-corrected chi connectivity index (χ4v) is 2.80. The molecule has 0 saturated carbocycles. The number of anilines is 2. The number of phenols is 1. The fourth-order valence-electron chi connectivity index (χ4n) is 2.80. The van der Waals surface area contributed by atoms with Crippen LogP contribution in [0, 0.1) is 0 Å². The number of nitrogens with zero attached hydrogens (tertiary/aromatic N) is 1. The summed E-state index contributed by atoms with van der Waals surface area (Å²) in [7, 11) is 0. The lowest BCUT2D eigenvalue weighted by Crippen LogP contribution is -2.36. The van der Waals surface area contributed by atoms with Gasteiger partial charge < -0.3 is 20.1 Å². The van der Waals surface area contributed by atoms with Crippen molar-refractivity contribution in [2.45, 2.75) is 41.5 Å². The molecule has 186 valence electrons. The maximum Gasteiger partial charge on any atom is 0.255 e. The first-order valence-electron chi connectivity index (χ1n) is 12.3. The van der Waals surface area contributed by atoms with Crippen LogP contribution in [0.4, 0.5) is 11.4 Å². The van der Waals surface area contributed by atoms with E-state index in [1.807, 2.05) is 77.9 Å². The van der Waals surface area contributed by atoms with Crippen LogP contribution in [0.2, 0.25) is 0 Å². The van der Waals surface area contributed by atoms with Gasteiger partial charge in [-0.1, -0.05) is 77.9 Å². The van der Waals surface area contributed by atoms with Crippen molar-refractivity contribution in [3.05, 3.63) is 90.5 Å². The molecule has 0 bridgehead atoms. The van der Waals surface area contributed by atoms with Crippen molar-refractivity contribution in [2.75, 3.05) is 36.5 Å². The Morgan fingerprint density at radius 1 is 0.735 bits per heavy atom. The SMILES string of the molecule is CC.CC.CC.O=C(Nc1ccccc1)c1ccc(O)cc1.c1ccc(N2CCOCC2)cc1. The molecule has 1 aliphatic heterocycles. The molecule has 0 atom stereocenters. The molecule has 34 heavy (non-hydrogen) atoms. The zero-order valence-corrected chi connectivity index (χ0v) is 21.6. The average Bonchev–Trinajstić information content (AvgIpc) is 2.94. The first kappa shape index (κ1) is 30.7. The molecule has 1 saturated heterocycles. The molecule has 0 unspecified atom stereocenters. The standard InChI is InChI=1S/C13H11NO2.C10H13NO.3C2H6/c15-12-8-6-10(7-9-12)13(16)14-11-4-2-1-3-5-11;1-2-4-10(5-3-1)11-6-8-12-9-7-11;3*1-2/h1-9,15H,(H,14,16);1-5H,6-9H2;3*1-2H3. The van der Waals surface area contributed by atoms with Gasteiger partial charge in [-0.3, -0.25) is 4.79 Å². The molecule has 1 aliphatic rings. The minimum atomic E-state index is -0.189. The van der Waals surface area contributed by atoms with E-state index in [0.29, 0.717) is 5.56 Å². The van der Waals surface area contributed by atoms with E-state index >= 15 is 0 Å². The highest BCUT2D eigenvalue weighted by molar-refractivity contribution is 6.04. The average molecular weight is 467 g/mol. The number of benzene rings is 3. The number of ether oxygens (including phenoxy) is 1. The molecule has 1 fully saturated rings. The second-order valence-corrected chi connectivity index (χ2v) is 6.30. The minimum Gasteiger partial charge on any atom is -0.508 e. The highest BCUT2D eigenvalue weighted by Crippen LogP contribution is 2.14. The van der Waals surface area contributed by atoms with E-state index in [-0.39, 0.29) is 11.7 Å². The van der Waals surface area contributed by atoms with Crippen molar-refractivity contribution in [1.82, 2.24) is 0 Å². The number of hydrogen-bond acceptors (Lipinski definition) is 4. The van der Waals surface area contributed by atoms with Gasteiger partial charge in [-0.25, -0.2) is 0 Å². The molecule has 3 aromatic rings. The second kappa shape index (κ2) is 20.3.